The molecule has 0 bridgehead atoms. The SMILES string of the molecule is Cc1ccc(-c2ccccc2CN2CCC(N)C2)o1. The molecule has 1 aliphatic rings. The second kappa shape index (κ2) is 5.19. The van der Waals surface area contributed by atoms with Crippen LogP contribution in [0.4, 0.5) is 0 Å². The van der Waals surface area contributed by atoms with Crippen LogP contribution >= 0.6 is 0 Å². The van der Waals surface area contributed by atoms with Gasteiger partial charge in [0, 0.05) is 31.2 Å². The first-order valence-electron chi connectivity index (χ1n) is 6.85. The summed E-state index contributed by atoms with van der Waals surface area (Å²) in [7, 11) is 0. The Hall–Kier alpha value is -1.58. The molecule has 0 aliphatic carbocycles. The van der Waals surface area contributed by atoms with Crippen LogP contribution in [0.5, 0.6) is 0 Å². The minimum atomic E-state index is 0.331. The van der Waals surface area contributed by atoms with Crippen LogP contribution < -0.4 is 5.73 Å². The van der Waals surface area contributed by atoms with Crippen LogP contribution in [0.3, 0.4) is 0 Å². The molecule has 0 spiro atoms. The van der Waals surface area contributed by atoms with E-state index in [0.717, 1.165) is 37.6 Å². The summed E-state index contributed by atoms with van der Waals surface area (Å²) in [4.78, 5) is 2.42. The Morgan fingerprint density at radius 3 is 2.79 bits per heavy atom. The summed E-state index contributed by atoms with van der Waals surface area (Å²) in [6.45, 7) is 5.01. The fourth-order valence-electron chi connectivity index (χ4n) is 2.72. The number of rotatable bonds is 3. The van der Waals surface area contributed by atoms with E-state index in [2.05, 4.69) is 29.2 Å². The maximum atomic E-state index is 5.97. The molecule has 1 unspecified atom stereocenters. The molecule has 19 heavy (non-hydrogen) atoms. The molecule has 2 N–H and O–H groups in total. The summed E-state index contributed by atoms with van der Waals surface area (Å²) in [6, 6.07) is 12.8. The van der Waals surface area contributed by atoms with E-state index >= 15 is 0 Å². The van der Waals surface area contributed by atoms with Crippen LogP contribution in [0, 0.1) is 6.92 Å². The zero-order chi connectivity index (χ0) is 13.2. The van der Waals surface area contributed by atoms with Gasteiger partial charge in [-0.3, -0.25) is 4.90 Å². The van der Waals surface area contributed by atoms with Crippen molar-refractivity contribution in [3.63, 3.8) is 0 Å². The molecule has 3 heteroatoms. The number of aryl methyl sites for hydroxylation is 1. The summed E-state index contributed by atoms with van der Waals surface area (Å²) in [5, 5.41) is 0. The number of benzene rings is 1. The van der Waals surface area contributed by atoms with Gasteiger partial charge in [-0.1, -0.05) is 24.3 Å². The molecule has 0 radical (unpaired) electrons. The molecule has 1 aliphatic heterocycles. The summed E-state index contributed by atoms with van der Waals surface area (Å²) in [5.41, 5.74) is 8.47. The molecule has 1 atom stereocenters. The van der Waals surface area contributed by atoms with Crippen molar-refractivity contribution in [2.24, 2.45) is 5.73 Å². The van der Waals surface area contributed by atoms with Gasteiger partial charge in [-0.15, -0.1) is 0 Å². The van der Waals surface area contributed by atoms with Crippen molar-refractivity contribution in [2.45, 2.75) is 25.9 Å². The Morgan fingerprint density at radius 1 is 1.26 bits per heavy atom. The smallest absolute Gasteiger partial charge is 0.134 e. The Labute approximate surface area is 114 Å². The van der Waals surface area contributed by atoms with Gasteiger partial charge < -0.3 is 10.2 Å². The third kappa shape index (κ3) is 2.72. The standard InChI is InChI=1S/C16H20N2O/c1-12-6-7-16(19-12)15-5-3-2-4-13(15)10-18-9-8-14(17)11-18/h2-7,14H,8-11,17H2,1H3. The van der Waals surface area contributed by atoms with E-state index in [4.69, 9.17) is 10.2 Å². The normalized spacial score (nSPS) is 20.0. The summed E-state index contributed by atoms with van der Waals surface area (Å²) in [6.07, 6.45) is 1.10. The number of furan rings is 1. The van der Waals surface area contributed by atoms with E-state index in [1.165, 1.54) is 11.1 Å². The second-order valence-electron chi connectivity index (χ2n) is 5.35. The Bertz CT molecular complexity index is 561. The molecule has 3 nitrogen and oxygen atoms in total. The van der Waals surface area contributed by atoms with Gasteiger partial charge in [0.15, 0.2) is 0 Å². The first kappa shape index (κ1) is 12.5. The molecule has 1 saturated heterocycles. The van der Waals surface area contributed by atoms with Crippen LogP contribution in [0.2, 0.25) is 0 Å². The minimum Gasteiger partial charge on any atom is -0.461 e. The molecule has 1 aromatic carbocycles. The Morgan fingerprint density at radius 2 is 2.11 bits per heavy atom. The van der Waals surface area contributed by atoms with Gasteiger partial charge in [0.25, 0.3) is 0 Å². The second-order valence-corrected chi connectivity index (χ2v) is 5.35. The molecule has 1 aromatic heterocycles. The van der Waals surface area contributed by atoms with Crippen molar-refractivity contribution in [1.82, 2.24) is 4.90 Å². The van der Waals surface area contributed by atoms with E-state index in [0.29, 0.717) is 6.04 Å². The Kier molecular flexibility index (Phi) is 3.40. The van der Waals surface area contributed by atoms with Gasteiger partial charge in [-0.05, 0) is 31.0 Å². The quantitative estimate of drug-likeness (QED) is 0.918. The molecule has 0 saturated carbocycles. The van der Waals surface area contributed by atoms with Crippen molar-refractivity contribution < 1.29 is 4.42 Å². The van der Waals surface area contributed by atoms with E-state index in [9.17, 15) is 0 Å². The largest absolute Gasteiger partial charge is 0.461 e. The van der Waals surface area contributed by atoms with Gasteiger partial charge >= 0.3 is 0 Å². The fourth-order valence-corrected chi connectivity index (χ4v) is 2.72. The number of hydrogen-bond acceptors (Lipinski definition) is 3. The van der Waals surface area contributed by atoms with E-state index in [1.807, 2.05) is 19.1 Å². The van der Waals surface area contributed by atoms with Crippen molar-refractivity contribution >= 4 is 0 Å². The van der Waals surface area contributed by atoms with Gasteiger partial charge in [-0.25, -0.2) is 0 Å². The highest BCUT2D eigenvalue weighted by molar-refractivity contribution is 5.62. The first-order chi connectivity index (χ1) is 9.22. The predicted molar refractivity (Wildman–Crippen MR) is 76.8 cm³/mol. The summed E-state index contributed by atoms with van der Waals surface area (Å²) >= 11 is 0. The number of nitrogens with zero attached hydrogens (tertiary/aromatic N) is 1. The molecule has 1 fully saturated rings. The van der Waals surface area contributed by atoms with Crippen LogP contribution in [-0.2, 0) is 6.54 Å². The lowest BCUT2D eigenvalue weighted by atomic mass is 10.1. The zero-order valence-electron chi connectivity index (χ0n) is 11.3. The molecule has 0 amide bonds. The maximum absolute atomic E-state index is 5.97. The number of hydrogen-bond donors (Lipinski definition) is 1. The lowest BCUT2D eigenvalue weighted by molar-refractivity contribution is 0.327. The van der Waals surface area contributed by atoms with Gasteiger partial charge in [-0.2, -0.15) is 0 Å². The molecule has 2 aromatic rings. The predicted octanol–water partition coefficient (Wildman–Crippen LogP) is 2.79. The molecular weight excluding hydrogens is 236 g/mol. The van der Waals surface area contributed by atoms with Gasteiger partial charge in [0.05, 0.1) is 0 Å². The topological polar surface area (TPSA) is 42.4 Å². The summed E-state index contributed by atoms with van der Waals surface area (Å²) in [5.74, 6) is 1.91. The van der Waals surface area contributed by atoms with Crippen LogP contribution in [-0.4, -0.2) is 24.0 Å². The lowest BCUT2D eigenvalue weighted by Gasteiger charge is -2.17. The number of nitrogens with two attached hydrogens (primary N) is 1. The van der Waals surface area contributed by atoms with E-state index in [-0.39, 0.29) is 0 Å². The molecule has 100 valence electrons. The average Bonchev–Trinajstić information content (AvgIpc) is 2.99. The molecular formula is C16H20N2O. The van der Waals surface area contributed by atoms with Gasteiger partial charge in [0.1, 0.15) is 11.5 Å². The van der Waals surface area contributed by atoms with Gasteiger partial charge in [0.2, 0.25) is 0 Å². The Balaban J connectivity index is 1.85. The zero-order valence-corrected chi connectivity index (χ0v) is 11.3. The highest BCUT2D eigenvalue weighted by atomic mass is 16.3. The van der Waals surface area contributed by atoms with Crippen molar-refractivity contribution in [3.05, 3.63) is 47.7 Å². The highest BCUT2D eigenvalue weighted by Crippen LogP contribution is 2.27. The summed E-state index contributed by atoms with van der Waals surface area (Å²) < 4.78 is 5.75. The van der Waals surface area contributed by atoms with E-state index in [1.54, 1.807) is 0 Å². The van der Waals surface area contributed by atoms with Crippen molar-refractivity contribution in [1.29, 1.82) is 0 Å². The molecule has 3 rings (SSSR count). The number of likely N-dealkylation sites (tertiary alicyclic amines) is 1. The van der Waals surface area contributed by atoms with Crippen LogP contribution in [0.15, 0.2) is 40.8 Å². The first-order valence-corrected chi connectivity index (χ1v) is 6.85. The third-order valence-corrected chi connectivity index (χ3v) is 3.73. The highest BCUT2D eigenvalue weighted by Gasteiger charge is 2.20. The van der Waals surface area contributed by atoms with Crippen LogP contribution in [0.25, 0.3) is 11.3 Å². The van der Waals surface area contributed by atoms with Crippen molar-refractivity contribution in [3.8, 4) is 11.3 Å². The monoisotopic (exact) mass is 256 g/mol. The van der Waals surface area contributed by atoms with E-state index < -0.39 is 0 Å². The van der Waals surface area contributed by atoms with Crippen LogP contribution in [0.1, 0.15) is 17.7 Å². The lowest BCUT2D eigenvalue weighted by Crippen LogP contribution is -2.26. The fraction of sp³-hybridized carbons (Fsp3) is 0.375. The molecule has 2 heterocycles. The third-order valence-electron chi connectivity index (χ3n) is 3.73. The maximum Gasteiger partial charge on any atom is 0.134 e. The minimum absolute atomic E-state index is 0.331. The average molecular weight is 256 g/mol. The van der Waals surface area contributed by atoms with Crippen molar-refractivity contribution in [2.75, 3.05) is 13.1 Å².